The van der Waals surface area contributed by atoms with Gasteiger partial charge in [-0.15, -0.1) is 0 Å². The molecule has 0 radical (unpaired) electrons. The Morgan fingerprint density at radius 3 is 2.67 bits per heavy atom. The van der Waals surface area contributed by atoms with Gasteiger partial charge in [-0.3, -0.25) is 0 Å². The SMILES string of the molecule is N/C(Cc1cccc(S(N)(=O)=O)c1)=N/O. The van der Waals surface area contributed by atoms with E-state index in [4.69, 9.17) is 16.1 Å². The van der Waals surface area contributed by atoms with E-state index >= 15 is 0 Å². The second-order valence-corrected chi connectivity index (χ2v) is 4.52. The number of amidine groups is 1. The van der Waals surface area contributed by atoms with Gasteiger partial charge in [0.15, 0.2) is 0 Å². The van der Waals surface area contributed by atoms with E-state index in [1.807, 2.05) is 0 Å². The highest BCUT2D eigenvalue weighted by Gasteiger charge is 2.08. The van der Waals surface area contributed by atoms with Gasteiger partial charge in [0.05, 0.1) is 4.90 Å². The van der Waals surface area contributed by atoms with Crippen molar-refractivity contribution in [2.24, 2.45) is 16.0 Å². The molecule has 0 aliphatic rings. The fourth-order valence-electron chi connectivity index (χ4n) is 1.08. The van der Waals surface area contributed by atoms with Crippen LogP contribution in [0.5, 0.6) is 0 Å². The van der Waals surface area contributed by atoms with Crippen LogP contribution in [0, 0.1) is 0 Å². The maximum absolute atomic E-state index is 11.0. The molecule has 0 saturated heterocycles. The standard InChI is InChI=1S/C8H11N3O3S/c9-8(11-12)5-6-2-1-3-7(4-6)15(10,13)14/h1-4,12H,5H2,(H2,9,11)(H2,10,13,14). The zero-order valence-corrected chi connectivity index (χ0v) is 8.61. The molecule has 0 aromatic heterocycles. The summed E-state index contributed by atoms with van der Waals surface area (Å²) in [6.07, 6.45) is 0.167. The van der Waals surface area contributed by atoms with Crippen molar-refractivity contribution < 1.29 is 13.6 Å². The van der Waals surface area contributed by atoms with Crippen LogP contribution in [0.15, 0.2) is 34.3 Å². The van der Waals surface area contributed by atoms with Crippen molar-refractivity contribution in [1.29, 1.82) is 0 Å². The van der Waals surface area contributed by atoms with E-state index in [1.165, 1.54) is 12.1 Å². The fraction of sp³-hybridized carbons (Fsp3) is 0.125. The molecule has 1 aromatic rings. The fourth-order valence-corrected chi connectivity index (χ4v) is 1.66. The molecule has 0 spiro atoms. The summed E-state index contributed by atoms with van der Waals surface area (Å²) in [5, 5.41) is 16.1. The maximum Gasteiger partial charge on any atom is 0.238 e. The van der Waals surface area contributed by atoms with Crippen molar-refractivity contribution in [3.05, 3.63) is 29.8 Å². The van der Waals surface area contributed by atoms with Crippen molar-refractivity contribution in [3.63, 3.8) is 0 Å². The van der Waals surface area contributed by atoms with Crippen LogP contribution in [0.25, 0.3) is 0 Å². The first-order valence-electron chi connectivity index (χ1n) is 4.01. The molecule has 1 aromatic carbocycles. The van der Waals surface area contributed by atoms with Crippen LogP contribution in [-0.4, -0.2) is 19.5 Å². The summed E-state index contributed by atoms with van der Waals surface area (Å²) in [6, 6.07) is 5.96. The Labute approximate surface area is 87.2 Å². The molecule has 5 N–H and O–H groups in total. The average Bonchev–Trinajstić information content (AvgIpc) is 2.17. The second kappa shape index (κ2) is 4.28. The van der Waals surface area contributed by atoms with Crippen LogP contribution in [0.4, 0.5) is 0 Å². The molecule has 0 amide bonds. The molecular formula is C8H11N3O3S. The summed E-state index contributed by atoms with van der Waals surface area (Å²) in [5.74, 6) is 0.00145. The van der Waals surface area contributed by atoms with Crippen molar-refractivity contribution in [3.8, 4) is 0 Å². The van der Waals surface area contributed by atoms with Crippen molar-refractivity contribution >= 4 is 15.9 Å². The highest BCUT2D eigenvalue weighted by molar-refractivity contribution is 7.89. The molecule has 0 aliphatic heterocycles. The third kappa shape index (κ3) is 3.22. The molecule has 0 fully saturated rings. The van der Waals surface area contributed by atoms with Gasteiger partial charge in [0, 0.05) is 6.42 Å². The molecule has 1 rings (SSSR count). The van der Waals surface area contributed by atoms with E-state index in [9.17, 15) is 8.42 Å². The Kier molecular flexibility index (Phi) is 3.28. The molecule has 7 heteroatoms. The highest BCUT2D eigenvalue weighted by atomic mass is 32.2. The van der Waals surface area contributed by atoms with Gasteiger partial charge in [0.2, 0.25) is 10.0 Å². The van der Waals surface area contributed by atoms with Crippen LogP contribution in [0.2, 0.25) is 0 Å². The van der Waals surface area contributed by atoms with Crippen molar-refractivity contribution in [2.45, 2.75) is 11.3 Å². The zero-order valence-electron chi connectivity index (χ0n) is 7.79. The summed E-state index contributed by atoms with van der Waals surface area (Å²) < 4.78 is 22.0. The number of oxime groups is 1. The topological polar surface area (TPSA) is 119 Å². The Bertz CT molecular complexity index is 482. The van der Waals surface area contributed by atoms with Gasteiger partial charge in [0.25, 0.3) is 0 Å². The lowest BCUT2D eigenvalue weighted by Gasteiger charge is -2.02. The molecule has 0 aliphatic carbocycles. The van der Waals surface area contributed by atoms with Gasteiger partial charge < -0.3 is 10.9 Å². The summed E-state index contributed by atoms with van der Waals surface area (Å²) in [7, 11) is -3.71. The van der Waals surface area contributed by atoms with Gasteiger partial charge >= 0.3 is 0 Å². The molecule has 0 heterocycles. The Morgan fingerprint density at radius 2 is 2.13 bits per heavy atom. The van der Waals surface area contributed by atoms with Crippen LogP contribution in [0.1, 0.15) is 5.56 Å². The van der Waals surface area contributed by atoms with Crippen molar-refractivity contribution in [1.82, 2.24) is 0 Å². The number of benzene rings is 1. The Morgan fingerprint density at radius 1 is 1.47 bits per heavy atom. The number of sulfonamides is 1. The van der Waals surface area contributed by atoms with Gasteiger partial charge in [0.1, 0.15) is 5.84 Å². The molecule has 0 bridgehead atoms. The number of rotatable bonds is 3. The maximum atomic E-state index is 11.0. The molecule has 0 unspecified atom stereocenters. The summed E-state index contributed by atoms with van der Waals surface area (Å²) in [6.45, 7) is 0. The molecule has 82 valence electrons. The molecule has 0 saturated carbocycles. The minimum absolute atomic E-state index is 0.00145. The van der Waals surface area contributed by atoms with Gasteiger partial charge in [-0.1, -0.05) is 17.3 Å². The second-order valence-electron chi connectivity index (χ2n) is 2.96. The zero-order chi connectivity index (χ0) is 11.5. The van der Waals surface area contributed by atoms with E-state index in [1.54, 1.807) is 12.1 Å². The largest absolute Gasteiger partial charge is 0.409 e. The van der Waals surface area contributed by atoms with E-state index in [-0.39, 0.29) is 17.2 Å². The summed E-state index contributed by atoms with van der Waals surface area (Å²) in [5.41, 5.74) is 5.89. The minimum atomic E-state index is -3.71. The molecule has 0 atom stereocenters. The number of nitrogens with two attached hydrogens (primary N) is 2. The van der Waals surface area contributed by atoms with Crippen LogP contribution in [-0.2, 0) is 16.4 Å². The number of hydrogen-bond acceptors (Lipinski definition) is 4. The molecule has 15 heavy (non-hydrogen) atoms. The third-order valence-corrected chi connectivity index (χ3v) is 2.65. The van der Waals surface area contributed by atoms with E-state index in [2.05, 4.69) is 5.16 Å². The van der Waals surface area contributed by atoms with Gasteiger partial charge in [-0.2, -0.15) is 0 Å². The van der Waals surface area contributed by atoms with E-state index in [0.717, 1.165) is 0 Å². The van der Waals surface area contributed by atoms with E-state index < -0.39 is 10.0 Å². The van der Waals surface area contributed by atoms with Crippen molar-refractivity contribution in [2.75, 3.05) is 0 Å². The first kappa shape index (κ1) is 11.5. The predicted molar refractivity (Wildman–Crippen MR) is 54.9 cm³/mol. The van der Waals surface area contributed by atoms with Gasteiger partial charge in [-0.05, 0) is 17.7 Å². The normalized spacial score (nSPS) is 12.7. The summed E-state index contributed by atoms with van der Waals surface area (Å²) in [4.78, 5) is 0.00531. The molecular weight excluding hydrogens is 218 g/mol. The average molecular weight is 229 g/mol. The Balaban J connectivity index is 3.04. The smallest absolute Gasteiger partial charge is 0.238 e. The first-order chi connectivity index (χ1) is 6.93. The van der Waals surface area contributed by atoms with E-state index in [0.29, 0.717) is 5.56 Å². The minimum Gasteiger partial charge on any atom is -0.409 e. The number of primary sulfonamides is 1. The number of hydrogen-bond donors (Lipinski definition) is 3. The van der Waals surface area contributed by atoms with Gasteiger partial charge in [-0.25, -0.2) is 13.6 Å². The molecule has 6 nitrogen and oxygen atoms in total. The van der Waals surface area contributed by atoms with Crippen LogP contribution >= 0.6 is 0 Å². The lowest BCUT2D eigenvalue weighted by Crippen LogP contribution is -2.16. The lowest BCUT2D eigenvalue weighted by atomic mass is 10.1. The monoisotopic (exact) mass is 229 g/mol. The third-order valence-electron chi connectivity index (χ3n) is 1.74. The lowest BCUT2D eigenvalue weighted by molar-refractivity contribution is 0.317. The quantitative estimate of drug-likeness (QED) is 0.283. The highest BCUT2D eigenvalue weighted by Crippen LogP contribution is 2.10. The summed E-state index contributed by atoms with van der Waals surface area (Å²) >= 11 is 0. The Hall–Kier alpha value is -1.60. The number of nitrogens with zero attached hydrogens (tertiary/aromatic N) is 1. The van der Waals surface area contributed by atoms with Crippen LogP contribution in [0.3, 0.4) is 0 Å². The van der Waals surface area contributed by atoms with Crippen LogP contribution < -0.4 is 10.9 Å². The predicted octanol–water partition coefficient (Wildman–Crippen LogP) is -0.377. The first-order valence-corrected chi connectivity index (χ1v) is 5.56.